The Hall–Kier alpha value is -3.81. The maximum absolute atomic E-state index is 13.0. The maximum Gasteiger partial charge on any atom is 0.359 e. The smallest absolute Gasteiger partial charge is 0.359 e. The van der Waals surface area contributed by atoms with Crippen LogP contribution in [0.4, 0.5) is 5.69 Å². The van der Waals surface area contributed by atoms with Gasteiger partial charge < -0.3 is 19.3 Å². The third-order valence-electron chi connectivity index (χ3n) is 4.16. The second-order valence-corrected chi connectivity index (χ2v) is 5.95. The van der Waals surface area contributed by atoms with E-state index < -0.39 is 11.9 Å². The summed E-state index contributed by atoms with van der Waals surface area (Å²) >= 11 is 0. The highest BCUT2D eigenvalue weighted by molar-refractivity contribution is 6.54. The van der Waals surface area contributed by atoms with E-state index >= 15 is 0 Å². The van der Waals surface area contributed by atoms with Crippen molar-refractivity contribution in [3.8, 4) is 17.2 Å². The van der Waals surface area contributed by atoms with Crippen molar-refractivity contribution < 1.29 is 28.9 Å². The molecule has 0 aromatic heterocycles. The average molecular weight is 396 g/mol. The number of aromatic hydroxyl groups is 1. The Morgan fingerprint density at radius 3 is 2.31 bits per heavy atom. The second kappa shape index (κ2) is 8.47. The molecule has 0 atom stereocenters. The molecule has 2 aromatic rings. The number of amides is 1. The molecule has 3 rings (SSSR count). The second-order valence-electron chi connectivity index (χ2n) is 5.95. The number of carbonyl (C=O) groups is 2. The van der Waals surface area contributed by atoms with Crippen LogP contribution >= 0.6 is 0 Å². The Morgan fingerprint density at radius 1 is 1.14 bits per heavy atom. The van der Waals surface area contributed by atoms with Gasteiger partial charge in [0.1, 0.15) is 0 Å². The number of hydrogen-bond acceptors (Lipinski definition) is 7. The Kier molecular flexibility index (Phi) is 5.82. The molecule has 0 saturated heterocycles. The van der Waals surface area contributed by atoms with Gasteiger partial charge >= 0.3 is 5.97 Å². The van der Waals surface area contributed by atoms with Crippen LogP contribution in [0.3, 0.4) is 0 Å². The summed E-state index contributed by atoms with van der Waals surface area (Å²) in [5.74, 6) is -1.03. The average Bonchev–Trinajstić information content (AvgIpc) is 3.06. The number of phenols is 1. The minimum atomic E-state index is -0.705. The highest BCUT2D eigenvalue weighted by Gasteiger charge is 2.36. The lowest BCUT2D eigenvalue weighted by molar-refractivity contribution is -0.135. The van der Waals surface area contributed by atoms with Crippen molar-refractivity contribution in [3.05, 3.63) is 53.6 Å². The predicted octanol–water partition coefficient (Wildman–Crippen LogP) is 2.76. The first-order chi connectivity index (χ1) is 14.0. The topological polar surface area (TPSA) is 97.7 Å². The summed E-state index contributed by atoms with van der Waals surface area (Å²) in [7, 11) is 2.80. The third kappa shape index (κ3) is 3.91. The standard InChI is InChI=1S/C21H20N2O6/c1-4-29-21(26)18-15(20(25)23(22-18)14-8-6-5-7-9-14)10-13-11-16(27-2)19(24)17(12-13)28-3/h5-12,24H,4H2,1-3H3. The van der Waals surface area contributed by atoms with Crippen molar-refractivity contribution in [2.45, 2.75) is 6.92 Å². The molecule has 2 aromatic carbocycles. The van der Waals surface area contributed by atoms with Crippen molar-refractivity contribution in [1.82, 2.24) is 0 Å². The molecule has 1 amide bonds. The summed E-state index contributed by atoms with van der Waals surface area (Å²) in [5.41, 5.74) is 0.948. The number of phenolic OH excluding ortho intramolecular Hbond substituents is 1. The summed E-state index contributed by atoms with van der Waals surface area (Å²) in [4.78, 5) is 25.4. The number of para-hydroxylation sites is 1. The van der Waals surface area contributed by atoms with Gasteiger partial charge in [-0.15, -0.1) is 0 Å². The Balaban J connectivity index is 2.10. The summed E-state index contributed by atoms with van der Waals surface area (Å²) in [6.07, 6.45) is 1.48. The highest BCUT2D eigenvalue weighted by Crippen LogP contribution is 2.38. The molecule has 8 nitrogen and oxygen atoms in total. The van der Waals surface area contributed by atoms with E-state index in [0.29, 0.717) is 11.3 Å². The summed E-state index contributed by atoms with van der Waals surface area (Å²) in [5, 5.41) is 15.4. The monoisotopic (exact) mass is 396 g/mol. The molecule has 1 heterocycles. The van der Waals surface area contributed by atoms with Crippen LogP contribution < -0.4 is 14.5 Å². The number of nitrogens with zero attached hydrogens (tertiary/aromatic N) is 2. The lowest BCUT2D eigenvalue weighted by Gasteiger charge is -2.11. The van der Waals surface area contributed by atoms with E-state index in [9.17, 15) is 14.7 Å². The van der Waals surface area contributed by atoms with Crippen molar-refractivity contribution in [3.63, 3.8) is 0 Å². The van der Waals surface area contributed by atoms with Gasteiger partial charge in [0.25, 0.3) is 5.91 Å². The van der Waals surface area contributed by atoms with Crippen LogP contribution in [0.5, 0.6) is 17.2 Å². The van der Waals surface area contributed by atoms with Gasteiger partial charge in [0.05, 0.1) is 32.1 Å². The van der Waals surface area contributed by atoms with Gasteiger partial charge in [0.2, 0.25) is 5.75 Å². The van der Waals surface area contributed by atoms with Crippen LogP contribution in [0.2, 0.25) is 0 Å². The molecule has 0 spiro atoms. The van der Waals surface area contributed by atoms with Crippen LogP contribution in [0.1, 0.15) is 12.5 Å². The summed E-state index contributed by atoms with van der Waals surface area (Å²) in [6, 6.07) is 11.8. The third-order valence-corrected chi connectivity index (χ3v) is 4.16. The SMILES string of the molecule is CCOC(=O)C1=NN(c2ccccc2)C(=O)C1=Cc1cc(OC)c(O)c(OC)c1. The van der Waals surface area contributed by atoms with Crippen LogP contribution in [-0.2, 0) is 14.3 Å². The molecule has 0 radical (unpaired) electrons. The zero-order valence-electron chi connectivity index (χ0n) is 16.2. The van der Waals surface area contributed by atoms with Crippen molar-refractivity contribution in [2.75, 3.05) is 25.8 Å². The summed E-state index contributed by atoms with van der Waals surface area (Å²) in [6.45, 7) is 1.81. The predicted molar refractivity (Wildman–Crippen MR) is 107 cm³/mol. The van der Waals surface area contributed by atoms with Crippen LogP contribution in [-0.4, -0.2) is 43.5 Å². The summed E-state index contributed by atoms with van der Waals surface area (Å²) < 4.78 is 15.3. The fraction of sp³-hybridized carbons (Fsp3) is 0.190. The number of ether oxygens (including phenoxy) is 3. The van der Waals surface area contributed by atoms with E-state index in [0.717, 1.165) is 5.01 Å². The Labute approximate surface area is 167 Å². The number of anilines is 1. The van der Waals surface area contributed by atoms with E-state index in [1.165, 1.54) is 32.4 Å². The molecule has 8 heteroatoms. The molecular formula is C21H20N2O6. The number of esters is 1. The van der Waals surface area contributed by atoms with Gasteiger partial charge in [0.15, 0.2) is 17.2 Å². The first-order valence-electron chi connectivity index (χ1n) is 8.82. The van der Waals surface area contributed by atoms with Gasteiger partial charge in [-0.25, -0.2) is 4.79 Å². The molecule has 0 unspecified atom stereocenters. The van der Waals surface area contributed by atoms with E-state index in [4.69, 9.17) is 14.2 Å². The molecule has 1 aliphatic rings. The van der Waals surface area contributed by atoms with Crippen molar-refractivity contribution >= 4 is 29.4 Å². The van der Waals surface area contributed by atoms with Crippen LogP contribution in [0.15, 0.2) is 53.1 Å². The lowest BCUT2D eigenvalue weighted by atomic mass is 10.1. The Bertz CT molecular complexity index is 972. The van der Waals surface area contributed by atoms with E-state index in [-0.39, 0.29) is 35.1 Å². The zero-order valence-corrected chi connectivity index (χ0v) is 16.2. The first kappa shape index (κ1) is 19.9. The molecule has 0 fully saturated rings. The molecular weight excluding hydrogens is 376 g/mol. The fourth-order valence-electron chi connectivity index (χ4n) is 2.80. The van der Waals surface area contributed by atoms with Gasteiger partial charge in [-0.2, -0.15) is 10.1 Å². The lowest BCUT2D eigenvalue weighted by Crippen LogP contribution is -2.22. The minimum absolute atomic E-state index is 0.0575. The van der Waals surface area contributed by atoms with Gasteiger partial charge in [-0.1, -0.05) is 18.2 Å². The molecule has 1 aliphatic heterocycles. The number of methoxy groups -OCH3 is 2. The normalized spacial score (nSPS) is 14.7. The quantitative estimate of drug-likeness (QED) is 0.596. The van der Waals surface area contributed by atoms with E-state index in [1.54, 1.807) is 31.2 Å². The van der Waals surface area contributed by atoms with E-state index in [2.05, 4.69) is 5.10 Å². The number of hydrazone groups is 1. The molecule has 29 heavy (non-hydrogen) atoms. The van der Waals surface area contributed by atoms with E-state index in [1.807, 2.05) is 6.07 Å². The number of carbonyl (C=O) groups excluding carboxylic acids is 2. The number of hydrogen-bond donors (Lipinski definition) is 1. The Morgan fingerprint density at radius 2 is 1.76 bits per heavy atom. The molecule has 0 bridgehead atoms. The minimum Gasteiger partial charge on any atom is -0.502 e. The number of benzene rings is 2. The fourth-order valence-corrected chi connectivity index (χ4v) is 2.80. The number of rotatable bonds is 6. The van der Waals surface area contributed by atoms with Gasteiger partial charge in [-0.3, -0.25) is 4.79 Å². The van der Waals surface area contributed by atoms with Crippen LogP contribution in [0.25, 0.3) is 6.08 Å². The highest BCUT2D eigenvalue weighted by atomic mass is 16.5. The molecule has 1 N–H and O–H groups in total. The maximum atomic E-state index is 13.0. The zero-order chi connectivity index (χ0) is 21.0. The molecule has 150 valence electrons. The van der Waals surface area contributed by atoms with Gasteiger partial charge in [-0.05, 0) is 42.8 Å². The van der Waals surface area contributed by atoms with Crippen LogP contribution in [0, 0.1) is 0 Å². The van der Waals surface area contributed by atoms with Crippen molar-refractivity contribution in [2.24, 2.45) is 5.10 Å². The van der Waals surface area contributed by atoms with Gasteiger partial charge in [0, 0.05) is 0 Å². The first-order valence-corrected chi connectivity index (χ1v) is 8.82. The molecule has 0 aliphatic carbocycles. The van der Waals surface area contributed by atoms with Crippen molar-refractivity contribution in [1.29, 1.82) is 0 Å². The largest absolute Gasteiger partial charge is 0.502 e. The molecule has 0 saturated carbocycles.